The summed E-state index contributed by atoms with van der Waals surface area (Å²) in [5.41, 5.74) is 7.82. The molecule has 3 rings (SSSR count). The van der Waals surface area contributed by atoms with Crippen molar-refractivity contribution in [3.8, 4) is 0 Å². The molecule has 2 aromatic rings. The Balaban J connectivity index is 2.44. The molecular weight excluding hydrogens is 296 g/mol. The van der Waals surface area contributed by atoms with Gasteiger partial charge >= 0.3 is 0 Å². The van der Waals surface area contributed by atoms with Crippen molar-refractivity contribution in [2.75, 3.05) is 0 Å². The second-order valence-corrected chi connectivity index (χ2v) is 5.85. The summed E-state index contributed by atoms with van der Waals surface area (Å²) in [4.78, 5) is 0. The highest BCUT2D eigenvalue weighted by Gasteiger charge is 2.18. The molecule has 0 saturated carbocycles. The molecule has 0 aliphatic heterocycles. The molecule has 0 amide bonds. The number of hydrogen-bond acceptors (Lipinski definition) is 0. The van der Waals surface area contributed by atoms with Crippen LogP contribution in [0.1, 0.15) is 36.1 Å². The first-order valence-electron chi connectivity index (χ1n) is 6.42. The molecule has 0 aromatic heterocycles. The third-order valence-corrected chi connectivity index (χ3v) is 4.12. The van der Waals surface area contributed by atoms with Crippen LogP contribution in [-0.4, -0.2) is 0 Å². The molecule has 0 atom stereocenters. The van der Waals surface area contributed by atoms with Crippen molar-refractivity contribution in [2.45, 2.75) is 13.8 Å². The van der Waals surface area contributed by atoms with Gasteiger partial charge < -0.3 is 0 Å². The van der Waals surface area contributed by atoms with Crippen molar-refractivity contribution in [1.29, 1.82) is 0 Å². The molecule has 0 unspecified atom stereocenters. The summed E-state index contributed by atoms with van der Waals surface area (Å²) in [6.07, 6.45) is 2.21. The molecule has 0 heterocycles. The molecule has 1 aliphatic rings. The van der Waals surface area contributed by atoms with Crippen molar-refractivity contribution in [3.05, 3.63) is 76.4 Å². The Morgan fingerprint density at radius 2 is 1.37 bits per heavy atom. The Hall–Kier alpha value is -1.60. The SMILES string of the molecule is CC(C)=C1c2ccccc2C=C(Br)c2ccccc21. The number of allylic oxidation sites excluding steroid dienone is 1. The zero-order chi connectivity index (χ0) is 13.4. The van der Waals surface area contributed by atoms with E-state index in [0.29, 0.717) is 0 Å². The minimum atomic E-state index is 1.15. The molecule has 0 fully saturated rings. The molecule has 19 heavy (non-hydrogen) atoms. The zero-order valence-electron chi connectivity index (χ0n) is 11.1. The summed E-state index contributed by atoms with van der Waals surface area (Å²) < 4.78 is 1.15. The maximum atomic E-state index is 3.72. The van der Waals surface area contributed by atoms with Gasteiger partial charge in [-0.1, -0.05) is 70.0 Å². The third-order valence-electron chi connectivity index (χ3n) is 3.47. The summed E-state index contributed by atoms with van der Waals surface area (Å²) >= 11 is 3.72. The summed E-state index contributed by atoms with van der Waals surface area (Å²) in [5, 5.41) is 0. The second kappa shape index (κ2) is 4.82. The molecule has 94 valence electrons. The van der Waals surface area contributed by atoms with Crippen molar-refractivity contribution < 1.29 is 0 Å². The van der Waals surface area contributed by atoms with Gasteiger partial charge in [-0.3, -0.25) is 0 Å². The van der Waals surface area contributed by atoms with E-state index in [2.05, 4.69) is 84.4 Å². The van der Waals surface area contributed by atoms with Crippen LogP contribution >= 0.6 is 15.9 Å². The van der Waals surface area contributed by atoms with Gasteiger partial charge in [-0.2, -0.15) is 0 Å². The normalized spacial score (nSPS) is 13.2. The van der Waals surface area contributed by atoms with Crippen LogP contribution in [0, 0.1) is 0 Å². The average molecular weight is 311 g/mol. The maximum absolute atomic E-state index is 3.72. The summed E-state index contributed by atoms with van der Waals surface area (Å²) in [7, 11) is 0. The lowest BCUT2D eigenvalue weighted by molar-refractivity contribution is 1.37. The van der Waals surface area contributed by atoms with Crippen LogP contribution in [0.3, 0.4) is 0 Å². The Morgan fingerprint density at radius 1 is 0.789 bits per heavy atom. The number of benzene rings is 2. The first kappa shape index (κ1) is 12.4. The van der Waals surface area contributed by atoms with Gasteiger partial charge in [0.1, 0.15) is 0 Å². The van der Waals surface area contributed by atoms with E-state index in [1.54, 1.807) is 0 Å². The van der Waals surface area contributed by atoms with E-state index >= 15 is 0 Å². The van der Waals surface area contributed by atoms with Crippen LogP contribution in [0.4, 0.5) is 0 Å². The van der Waals surface area contributed by atoms with Gasteiger partial charge in [0.2, 0.25) is 0 Å². The topological polar surface area (TPSA) is 0 Å². The lowest BCUT2D eigenvalue weighted by atomic mass is 9.90. The molecule has 2 aromatic carbocycles. The first-order valence-corrected chi connectivity index (χ1v) is 7.21. The van der Waals surface area contributed by atoms with Crippen molar-refractivity contribution in [2.24, 2.45) is 0 Å². The van der Waals surface area contributed by atoms with Crippen LogP contribution in [0.2, 0.25) is 0 Å². The molecule has 0 radical (unpaired) electrons. The molecule has 0 N–H and O–H groups in total. The molecule has 0 bridgehead atoms. The minimum absolute atomic E-state index is 1.15. The van der Waals surface area contributed by atoms with E-state index in [-0.39, 0.29) is 0 Å². The largest absolute Gasteiger partial charge is 0.0679 e. The third kappa shape index (κ3) is 2.08. The van der Waals surface area contributed by atoms with Crippen molar-refractivity contribution in [3.63, 3.8) is 0 Å². The molecule has 0 spiro atoms. The van der Waals surface area contributed by atoms with E-state index in [9.17, 15) is 0 Å². The van der Waals surface area contributed by atoms with Crippen LogP contribution in [0.25, 0.3) is 16.1 Å². The fourth-order valence-corrected chi connectivity index (χ4v) is 3.25. The fourth-order valence-electron chi connectivity index (χ4n) is 2.66. The number of fused-ring (bicyclic) bond motifs is 2. The van der Waals surface area contributed by atoms with E-state index in [1.165, 1.54) is 33.4 Å². The zero-order valence-corrected chi connectivity index (χ0v) is 12.7. The maximum Gasteiger partial charge on any atom is 0.0260 e. The molecule has 1 aliphatic carbocycles. The average Bonchev–Trinajstić information content (AvgIpc) is 2.53. The standard InChI is InChI=1S/C18H15Br/c1-12(2)18-14-8-4-3-7-13(14)11-17(19)15-9-5-6-10-16(15)18/h3-11H,1-2H3. The predicted molar refractivity (Wildman–Crippen MR) is 87.1 cm³/mol. The van der Waals surface area contributed by atoms with Gasteiger partial charge in [0.25, 0.3) is 0 Å². The summed E-state index contributed by atoms with van der Waals surface area (Å²) in [6, 6.07) is 17.1. The van der Waals surface area contributed by atoms with Crippen LogP contribution in [0.15, 0.2) is 54.1 Å². The van der Waals surface area contributed by atoms with Crippen LogP contribution in [0.5, 0.6) is 0 Å². The summed E-state index contributed by atoms with van der Waals surface area (Å²) in [6.45, 7) is 4.37. The van der Waals surface area contributed by atoms with Gasteiger partial charge in [-0.15, -0.1) is 0 Å². The Kier molecular flexibility index (Phi) is 3.16. The van der Waals surface area contributed by atoms with Gasteiger partial charge in [-0.05, 0) is 47.8 Å². The Bertz CT molecular complexity index is 701. The highest BCUT2D eigenvalue weighted by Crippen LogP contribution is 2.40. The van der Waals surface area contributed by atoms with Gasteiger partial charge in [0.15, 0.2) is 0 Å². The molecule has 0 saturated heterocycles. The van der Waals surface area contributed by atoms with Gasteiger partial charge in [-0.25, -0.2) is 0 Å². The molecule has 0 nitrogen and oxygen atoms in total. The second-order valence-electron chi connectivity index (χ2n) is 5.00. The van der Waals surface area contributed by atoms with E-state index < -0.39 is 0 Å². The van der Waals surface area contributed by atoms with Crippen molar-refractivity contribution in [1.82, 2.24) is 0 Å². The lowest BCUT2D eigenvalue weighted by Crippen LogP contribution is -1.94. The number of halogens is 1. The highest BCUT2D eigenvalue weighted by atomic mass is 79.9. The highest BCUT2D eigenvalue weighted by molar-refractivity contribution is 9.15. The minimum Gasteiger partial charge on any atom is -0.0679 e. The lowest BCUT2D eigenvalue weighted by Gasteiger charge is -2.14. The number of hydrogen-bond donors (Lipinski definition) is 0. The quantitative estimate of drug-likeness (QED) is 0.582. The molecule has 1 heteroatoms. The van der Waals surface area contributed by atoms with Crippen LogP contribution < -0.4 is 0 Å². The van der Waals surface area contributed by atoms with Gasteiger partial charge in [0, 0.05) is 4.48 Å². The Morgan fingerprint density at radius 3 is 2.05 bits per heavy atom. The smallest absolute Gasteiger partial charge is 0.0260 e. The van der Waals surface area contributed by atoms with E-state index in [1.807, 2.05) is 0 Å². The van der Waals surface area contributed by atoms with E-state index in [4.69, 9.17) is 0 Å². The van der Waals surface area contributed by atoms with Gasteiger partial charge in [0.05, 0.1) is 0 Å². The summed E-state index contributed by atoms with van der Waals surface area (Å²) in [5.74, 6) is 0. The number of rotatable bonds is 0. The first-order chi connectivity index (χ1) is 9.18. The van der Waals surface area contributed by atoms with Crippen LogP contribution in [-0.2, 0) is 0 Å². The van der Waals surface area contributed by atoms with Crippen molar-refractivity contribution >= 4 is 32.1 Å². The monoisotopic (exact) mass is 310 g/mol. The van der Waals surface area contributed by atoms with E-state index in [0.717, 1.165) is 4.48 Å². The Labute approximate surface area is 122 Å². The molecular formula is C18H15Br. The fraction of sp³-hybridized carbons (Fsp3) is 0.111. The predicted octanol–water partition coefficient (Wildman–Crippen LogP) is 5.73.